The second-order valence-electron chi connectivity index (χ2n) is 6.11. The average molecular weight is 300 g/mol. The van der Waals surface area contributed by atoms with Crippen LogP contribution in [0.5, 0.6) is 0 Å². The summed E-state index contributed by atoms with van der Waals surface area (Å²) in [6, 6.07) is 8.20. The molecule has 22 heavy (non-hydrogen) atoms. The van der Waals surface area contributed by atoms with Crippen molar-refractivity contribution in [2.24, 2.45) is 5.92 Å². The number of carbonyl (C=O) groups is 1. The first-order valence-corrected chi connectivity index (χ1v) is 7.64. The summed E-state index contributed by atoms with van der Waals surface area (Å²) in [5.41, 5.74) is 2.13. The van der Waals surface area contributed by atoms with Crippen LogP contribution in [0.3, 0.4) is 0 Å². The lowest BCUT2D eigenvalue weighted by molar-refractivity contribution is -0.122. The molecule has 1 amide bonds. The Bertz CT molecular complexity index is 660. The van der Waals surface area contributed by atoms with Gasteiger partial charge in [-0.1, -0.05) is 37.6 Å². The molecule has 5 nitrogen and oxygen atoms in total. The van der Waals surface area contributed by atoms with Crippen LogP contribution in [0.25, 0.3) is 11.4 Å². The number of amides is 1. The maximum atomic E-state index is 12.2. The summed E-state index contributed by atoms with van der Waals surface area (Å²) in [6.45, 7) is 10.2. The number of carbonyl (C=O) groups excluding carboxylic acids is 1. The first kappa shape index (κ1) is 16.2. The van der Waals surface area contributed by atoms with Gasteiger partial charge in [0, 0.05) is 11.6 Å². The van der Waals surface area contributed by atoms with Crippen molar-refractivity contribution in [3.63, 3.8) is 0 Å². The highest BCUT2D eigenvalue weighted by Gasteiger charge is 2.15. The molecule has 2 aromatic rings. The Morgan fingerprint density at radius 2 is 2.00 bits per heavy atom. The first-order chi connectivity index (χ1) is 10.4. The number of nitrogens with one attached hydrogen (secondary N) is 1. The largest absolute Gasteiger partial charge is 0.352 e. The van der Waals surface area contributed by atoms with Crippen LogP contribution in [0.4, 0.5) is 0 Å². The monoisotopic (exact) mass is 300 g/mol. The van der Waals surface area contributed by atoms with Gasteiger partial charge in [0.2, 0.25) is 5.91 Å². The number of nitrogens with zero attached hydrogens (tertiary/aromatic N) is 3. The molecule has 0 radical (unpaired) electrons. The van der Waals surface area contributed by atoms with Crippen molar-refractivity contribution in [2.45, 2.75) is 47.2 Å². The zero-order valence-electron chi connectivity index (χ0n) is 13.9. The maximum absolute atomic E-state index is 12.2. The Morgan fingerprint density at radius 3 is 2.64 bits per heavy atom. The SMILES string of the molecule is Cc1cccc(-c2nc(C)nn2CC(=O)NC(C)C(C)C)c1. The van der Waals surface area contributed by atoms with Crippen molar-refractivity contribution in [3.8, 4) is 11.4 Å². The van der Waals surface area contributed by atoms with Gasteiger partial charge in [-0.3, -0.25) is 4.79 Å². The van der Waals surface area contributed by atoms with Gasteiger partial charge in [-0.25, -0.2) is 9.67 Å². The Labute approximate surface area is 131 Å². The van der Waals surface area contributed by atoms with E-state index in [1.165, 1.54) is 0 Å². The van der Waals surface area contributed by atoms with Crippen molar-refractivity contribution < 1.29 is 4.79 Å². The summed E-state index contributed by atoms with van der Waals surface area (Å²) in [4.78, 5) is 16.6. The van der Waals surface area contributed by atoms with Crippen LogP contribution < -0.4 is 5.32 Å². The average Bonchev–Trinajstić information content (AvgIpc) is 2.79. The summed E-state index contributed by atoms with van der Waals surface area (Å²) in [5.74, 6) is 1.76. The molecule has 0 saturated heterocycles. The number of aromatic nitrogens is 3. The minimum absolute atomic E-state index is 0.0417. The van der Waals surface area contributed by atoms with E-state index in [1.54, 1.807) is 4.68 Å². The van der Waals surface area contributed by atoms with Gasteiger partial charge in [0.05, 0.1) is 0 Å². The summed E-state index contributed by atoms with van der Waals surface area (Å²) in [6.07, 6.45) is 0. The maximum Gasteiger partial charge on any atom is 0.242 e. The Balaban J connectivity index is 2.20. The second kappa shape index (κ2) is 6.73. The van der Waals surface area contributed by atoms with E-state index in [2.05, 4.69) is 35.3 Å². The fourth-order valence-corrected chi connectivity index (χ4v) is 2.17. The molecule has 0 bridgehead atoms. The van der Waals surface area contributed by atoms with Gasteiger partial charge in [-0.2, -0.15) is 5.10 Å². The molecule has 1 heterocycles. The van der Waals surface area contributed by atoms with Crippen molar-refractivity contribution in [1.82, 2.24) is 20.1 Å². The van der Waals surface area contributed by atoms with Crippen LogP contribution in [0.1, 0.15) is 32.2 Å². The molecule has 0 fully saturated rings. The Kier molecular flexibility index (Phi) is 4.96. The van der Waals surface area contributed by atoms with Crippen molar-refractivity contribution in [3.05, 3.63) is 35.7 Å². The lowest BCUT2D eigenvalue weighted by Crippen LogP contribution is -2.38. The third-order valence-electron chi connectivity index (χ3n) is 3.74. The smallest absolute Gasteiger partial charge is 0.242 e. The molecule has 1 atom stereocenters. The van der Waals surface area contributed by atoms with E-state index in [4.69, 9.17) is 0 Å². The molecule has 0 aliphatic carbocycles. The molecule has 1 unspecified atom stereocenters. The molecular weight excluding hydrogens is 276 g/mol. The quantitative estimate of drug-likeness (QED) is 0.923. The van der Waals surface area contributed by atoms with Gasteiger partial charge in [-0.15, -0.1) is 0 Å². The van der Waals surface area contributed by atoms with Crippen molar-refractivity contribution in [2.75, 3.05) is 0 Å². The van der Waals surface area contributed by atoms with E-state index in [9.17, 15) is 4.79 Å². The minimum atomic E-state index is -0.0417. The Morgan fingerprint density at radius 1 is 1.27 bits per heavy atom. The molecule has 0 aliphatic heterocycles. The third kappa shape index (κ3) is 3.93. The number of aryl methyl sites for hydroxylation is 2. The van der Waals surface area contributed by atoms with Crippen LogP contribution in [-0.4, -0.2) is 26.7 Å². The number of hydrogen-bond donors (Lipinski definition) is 1. The Hall–Kier alpha value is -2.17. The molecule has 0 saturated carbocycles. The van der Waals surface area contributed by atoms with Gasteiger partial charge in [0.1, 0.15) is 12.4 Å². The topological polar surface area (TPSA) is 59.8 Å². The predicted molar refractivity (Wildman–Crippen MR) is 87.4 cm³/mol. The van der Waals surface area contributed by atoms with Gasteiger partial charge in [-0.05, 0) is 32.8 Å². The van der Waals surface area contributed by atoms with Crippen LogP contribution in [0, 0.1) is 19.8 Å². The van der Waals surface area contributed by atoms with E-state index < -0.39 is 0 Å². The molecular formula is C17H24N4O. The number of hydrogen-bond acceptors (Lipinski definition) is 3. The third-order valence-corrected chi connectivity index (χ3v) is 3.74. The van der Waals surface area contributed by atoms with E-state index in [0.29, 0.717) is 11.7 Å². The molecule has 2 rings (SSSR count). The predicted octanol–water partition coefficient (Wildman–Crippen LogP) is 2.72. The van der Waals surface area contributed by atoms with Crippen LogP contribution >= 0.6 is 0 Å². The zero-order chi connectivity index (χ0) is 16.3. The molecule has 1 aromatic heterocycles. The fraction of sp³-hybridized carbons (Fsp3) is 0.471. The number of rotatable bonds is 5. The lowest BCUT2D eigenvalue weighted by atomic mass is 10.1. The van der Waals surface area contributed by atoms with Crippen LogP contribution in [0.15, 0.2) is 24.3 Å². The minimum Gasteiger partial charge on any atom is -0.352 e. The van der Waals surface area contributed by atoms with Gasteiger partial charge < -0.3 is 5.32 Å². The summed E-state index contributed by atoms with van der Waals surface area (Å²) in [7, 11) is 0. The molecule has 0 aliphatic rings. The highest BCUT2D eigenvalue weighted by molar-refractivity contribution is 5.76. The molecule has 118 valence electrons. The highest BCUT2D eigenvalue weighted by Crippen LogP contribution is 2.18. The van der Waals surface area contributed by atoms with Gasteiger partial charge in [0.15, 0.2) is 5.82 Å². The van der Waals surface area contributed by atoms with E-state index in [-0.39, 0.29) is 18.5 Å². The number of benzene rings is 1. The molecule has 1 N–H and O–H groups in total. The highest BCUT2D eigenvalue weighted by atomic mass is 16.2. The standard InChI is InChI=1S/C17H24N4O/c1-11(2)13(4)18-16(22)10-21-17(19-14(5)20-21)15-8-6-7-12(3)9-15/h6-9,11,13H,10H2,1-5H3,(H,18,22). The fourth-order valence-electron chi connectivity index (χ4n) is 2.17. The normalized spacial score (nSPS) is 12.5. The van der Waals surface area contributed by atoms with Gasteiger partial charge >= 0.3 is 0 Å². The van der Waals surface area contributed by atoms with Crippen molar-refractivity contribution in [1.29, 1.82) is 0 Å². The molecule has 0 spiro atoms. The zero-order valence-corrected chi connectivity index (χ0v) is 13.9. The van der Waals surface area contributed by atoms with E-state index in [1.807, 2.05) is 39.0 Å². The lowest BCUT2D eigenvalue weighted by Gasteiger charge is -2.17. The van der Waals surface area contributed by atoms with E-state index in [0.717, 1.165) is 17.0 Å². The summed E-state index contributed by atoms with van der Waals surface area (Å²) >= 11 is 0. The molecule has 5 heteroatoms. The first-order valence-electron chi connectivity index (χ1n) is 7.64. The van der Waals surface area contributed by atoms with Crippen molar-refractivity contribution >= 4 is 5.91 Å². The second-order valence-corrected chi connectivity index (χ2v) is 6.11. The van der Waals surface area contributed by atoms with Gasteiger partial charge in [0.25, 0.3) is 0 Å². The van der Waals surface area contributed by atoms with Crippen LogP contribution in [-0.2, 0) is 11.3 Å². The van der Waals surface area contributed by atoms with Crippen LogP contribution in [0.2, 0.25) is 0 Å². The van der Waals surface area contributed by atoms with E-state index >= 15 is 0 Å². The summed E-state index contributed by atoms with van der Waals surface area (Å²) < 4.78 is 1.67. The molecule has 1 aromatic carbocycles. The summed E-state index contributed by atoms with van der Waals surface area (Å²) in [5, 5.41) is 7.35.